The van der Waals surface area contributed by atoms with Gasteiger partial charge in [0.2, 0.25) is 0 Å². The highest BCUT2D eigenvalue weighted by molar-refractivity contribution is 9.10. The van der Waals surface area contributed by atoms with E-state index in [-0.39, 0.29) is 5.91 Å². The number of halogens is 1. The topological polar surface area (TPSA) is 54.9 Å². The van der Waals surface area contributed by atoms with Crippen molar-refractivity contribution in [2.24, 2.45) is 0 Å². The molecule has 1 aromatic carbocycles. The van der Waals surface area contributed by atoms with Crippen molar-refractivity contribution in [1.82, 2.24) is 9.88 Å². The zero-order valence-corrected chi connectivity index (χ0v) is 16.3. The van der Waals surface area contributed by atoms with Crippen molar-refractivity contribution in [3.05, 3.63) is 52.6 Å². The van der Waals surface area contributed by atoms with Crippen LogP contribution in [0.4, 0.5) is 5.82 Å². The van der Waals surface area contributed by atoms with Gasteiger partial charge in [0.05, 0.1) is 6.61 Å². The summed E-state index contributed by atoms with van der Waals surface area (Å²) in [6, 6.07) is 11.3. The molecule has 6 nitrogen and oxygen atoms in total. The molecule has 1 aliphatic rings. The molecular weight excluding hydrogens is 398 g/mol. The molecule has 1 aromatic heterocycles. The summed E-state index contributed by atoms with van der Waals surface area (Å²) in [5.41, 5.74) is 0.648. The summed E-state index contributed by atoms with van der Waals surface area (Å²) in [6.07, 6.45) is 1.79. The first-order valence-corrected chi connectivity index (χ1v) is 9.34. The van der Waals surface area contributed by atoms with Gasteiger partial charge in [0, 0.05) is 49.5 Å². The fourth-order valence-electron chi connectivity index (χ4n) is 2.84. The Morgan fingerprint density at radius 3 is 2.65 bits per heavy atom. The molecule has 138 valence electrons. The summed E-state index contributed by atoms with van der Waals surface area (Å²) in [6.45, 7) is 3.86. The lowest BCUT2D eigenvalue weighted by Gasteiger charge is -2.35. The van der Waals surface area contributed by atoms with Crippen LogP contribution >= 0.6 is 15.9 Å². The van der Waals surface area contributed by atoms with Crippen LogP contribution in [0.3, 0.4) is 0 Å². The number of anilines is 1. The molecular formula is C19H22BrN3O3. The van der Waals surface area contributed by atoms with Gasteiger partial charge in [-0.2, -0.15) is 0 Å². The number of methoxy groups -OCH3 is 1. The SMILES string of the molecule is COCCOc1cccc(C(=O)N2CCN(c3ccc(Br)cn3)CC2)c1. The zero-order valence-electron chi connectivity index (χ0n) is 14.7. The Kier molecular flexibility index (Phi) is 6.46. The minimum absolute atomic E-state index is 0.0330. The molecule has 1 fully saturated rings. The van der Waals surface area contributed by atoms with E-state index < -0.39 is 0 Å². The molecule has 0 spiro atoms. The molecule has 0 bridgehead atoms. The normalized spacial score (nSPS) is 14.4. The number of hydrogen-bond acceptors (Lipinski definition) is 5. The summed E-state index contributed by atoms with van der Waals surface area (Å²) in [5, 5.41) is 0. The number of piperazine rings is 1. The summed E-state index contributed by atoms with van der Waals surface area (Å²) in [7, 11) is 1.63. The largest absolute Gasteiger partial charge is 0.491 e. The highest BCUT2D eigenvalue weighted by atomic mass is 79.9. The molecule has 0 N–H and O–H groups in total. The molecule has 3 rings (SSSR count). The predicted octanol–water partition coefficient (Wildman–Crippen LogP) is 2.83. The van der Waals surface area contributed by atoms with Gasteiger partial charge in [-0.1, -0.05) is 6.07 Å². The average Bonchev–Trinajstić information content (AvgIpc) is 2.69. The second-order valence-corrected chi connectivity index (χ2v) is 6.90. The lowest BCUT2D eigenvalue weighted by molar-refractivity contribution is 0.0746. The molecule has 0 atom stereocenters. The standard InChI is InChI=1S/C19H22BrN3O3/c1-25-11-12-26-17-4-2-3-15(13-17)19(24)23-9-7-22(8-10-23)18-6-5-16(20)14-21-18/h2-6,13-14H,7-12H2,1H3. The van der Waals surface area contributed by atoms with Crippen LogP contribution in [0, 0.1) is 0 Å². The number of carbonyl (C=O) groups excluding carboxylic acids is 1. The smallest absolute Gasteiger partial charge is 0.254 e. The second kappa shape index (κ2) is 9.00. The second-order valence-electron chi connectivity index (χ2n) is 5.98. The van der Waals surface area contributed by atoms with Crippen LogP contribution in [0.15, 0.2) is 47.1 Å². The molecule has 7 heteroatoms. The number of hydrogen-bond donors (Lipinski definition) is 0. The van der Waals surface area contributed by atoms with E-state index in [1.54, 1.807) is 19.4 Å². The van der Waals surface area contributed by atoms with Crippen LogP contribution in [-0.4, -0.2) is 62.3 Å². The Bertz CT molecular complexity index is 731. The number of nitrogens with zero attached hydrogens (tertiary/aromatic N) is 3. The van der Waals surface area contributed by atoms with Crippen LogP contribution in [0.2, 0.25) is 0 Å². The van der Waals surface area contributed by atoms with Gasteiger partial charge in [0.15, 0.2) is 0 Å². The lowest BCUT2D eigenvalue weighted by atomic mass is 10.1. The first kappa shape index (κ1) is 18.7. The summed E-state index contributed by atoms with van der Waals surface area (Å²) in [4.78, 5) is 21.3. The van der Waals surface area contributed by atoms with Crippen molar-refractivity contribution in [3.63, 3.8) is 0 Å². The summed E-state index contributed by atoms with van der Waals surface area (Å²) >= 11 is 3.40. The molecule has 0 aliphatic carbocycles. The maximum absolute atomic E-state index is 12.8. The molecule has 1 saturated heterocycles. The molecule has 1 amide bonds. The van der Waals surface area contributed by atoms with E-state index in [1.165, 1.54) is 0 Å². The molecule has 0 radical (unpaired) electrons. The highest BCUT2D eigenvalue weighted by Gasteiger charge is 2.23. The summed E-state index contributed by atoms with van der Waals surface area (Å²) < 4.78 is 11.5. The minimum Gasteiger partial charge on any atom is -0.491 e. The fourth-order valence-corrected chi connectivity index (χ4v) is 3.07. The molecule has 0 saturated carbocycles. The summed E-state index contributed by atoms with van der Waals surface area (Å²) in [5.74, 6) is 1.66. The number of amides is 1. The third-order valence-electron chi connectivity index (χ3n) is 4.24. The van der Waals surface area contributed by atoms with Gasteiger partial charge in [-0.3, -0.25) is 4.79 Å². The van der Waals surface area contributed by atoms with Gasteiger partial charge in [0.25, 0.3) is 5.91 Å². The van der Waals surface area contributed by atoms with Crippen molar-refractivity contribution in [2.75, 3.05) is 51.4 Å². The Morgan fingerprint density at radius 2 is 1.96 bits per heavy atom. The third kappa shape index (κ3) is 4.74. The zero-order chi connectivity index (χ0) is 18.4. The Labute approximate surface area is 161 Å². The number of ether oxygens (including phenoxy) is 2. The van der Waals surface area contributed by atoms with E-state index in [9.17, 15) is 4.79 Å². The maximum Gasteiger partial charge on any atom is 0.254 e. The quantitative estimate of drug-likeness (QED) is 0.673. The number of pyridine rings is 1. The van der Waals surface area contributed by atoms with Crippen molar-refractivity contribution >= 4 is 27.7 Å². The molecule has 1 aliphatic heterocycles. The Morgan fingerprint density at radius 1 is 1.15 bits per heavy atom. The first-order valence-electron chi connectivity index (χ1n) is 8.55. The van der Waals surface area contributed by atoms with Crippen molar-refractivity contribution in [1.29, 1.82) is 0 Å². The van der Waals surface area contributed by atoms with E-state index >= 15 is 0 Å². The molecule has 2 heterocycles. The van der Waals surface area contributed by atoms with Gasteiger partial charge in [-0.25, -0.2) is 4.98 Å². The van der Waals surface area contributed by atoms with Gasteiger partial charge in [-0.05, 0) is 46.3 Å². The maximum atomic E-state index is 12.8. The lowest BCUT2D eigenvalue weighted by Crippen LogP contribution is -2.49. The van der Waals surface area contributed by atoms with E-state index in [0.29, 0.717) is 37.6 Å². The van der Waals surface area contributed by atoms with E-state index in [4.69, 9.17) is 9.47 Å². The monoisotopic (exact) mass is 419 g/mol. The van der Waals surface area contributed by atoms with Crippen LogP contribution in [0.25, 0.3) is 0 Å². The number of benzene rings is 1. The van der Waals surface area contributed by atoms with Crippen LogP contribution < -0.4 is 9.64 Å². The van der Waals surface area contributed by atoms with Gasteiger partial charge < -0.3 is 19.3 Å². The Balaban J connectivity index is 1.58. The van der Waals surface area contributed by atoms with Crippen LogP contribution in [0.5, 0.6) is 5.75 Å². The van der Waals surface area contributed by atoms with Gasteiger partial charge >= 0.3 is 0 Å². The fraction of sp³-hybridized carbons (Fsp3) is 0.368. The van der Waals surface area contributed by atoms with Crippen molar-refractivity contribution in [2.45, 2.75) is 0 Å². The molecule has 0 unspecified atom stereocenters. The number of carbonyl (C=O) groups is 1. The number of rotatable bonds is 6. The molecule has 2 aromatic rings. The highest BCUT2D eigenvalue weighted by Crippen LogP contribution is 2.19. The Hall–Kier alpha value is -2.12. The number of aromatic nitrogens is 1. The van der Waals surface area contributed by atoms with E-state index in [0.717, 1.165) is 23.4 Å². The minimum atomic E-state index is 0.0330. The molecule has 26 heavy (non-hydrogen) atoms. The first-order chi connectivity index (χ1) is 12.7. The van der Waals surface area contributed by atoms with Crippen molar-refractivity contribution in [3.8, 4) is 5.75 Å². The predicted molar refractivity (Wildman–Crippen MR) is 104 cm³/mol. The van der Waals surface area contributed by atoms with E-state index in [1.807, 2.05) is 35.2 Å². The van der Waals surface area contributed by atoms with Crippen molar-refractivity contribution < 1.29 is 14.3 Å². The van der Waals surface area contributed by atoms with Crippen LogP contribution in [-0.2, 0) is 4.74 Å². The van der Waals surface area contributed by atoms with Gasteiger partial charge in [0.1, 0.15) is 18.2 Å². The third-order valence-corrected chi connectivity index (χ3v) is 4.71. The average molecular weight is 420 g/mol. The van der Waals surface area contributed by atoms with E-state index in [2.05, 4.69) is 25.8 Å². The van der Waals surface area contributed by atoms with Gasteiger partial charge in [-0.15, -0.1) is 0 Å². The van der Waals surface area contributed by atoms with Crippen LogP contribution in [0.1, 0.15) is 10.4 Å².